The summed E-state index contributed by atoms with van der Waals surface area (Å²) in [5.74, 6) is 0.865. The molecule has 0 atom stereocenters. The van der Waals surface area contributed by atoms with Gasteiger partial charge in [0.2, 0.25) is 5.69 Å². The standard InChI is InChI=1S/C24H34N3OS/c1-21(28)29-20-8-19-27-18-6-5-9-24(27)15-12-22-10-13-23(14-11-22)26(4)17-7-16-25(2)3/h5-6,9-15,18H,7-8,16-17,19-20H2,1-4H3/q+1. The molecule has 0 saturated carbocycles. The lowest BCUT2D eigenvalue weighted by Gasteiger charge is -2.20. The largest absolute Gasteiger partial charge is 0.375 e. The smallest absolute Gasteiger partial charge is 0.205 e. The van der Waals surface area contributed by atoms with E-state index in [9.17, 15) is 4.79 Å². The molecular formula is C24H34N3OS+. The van der Waals surface area contributed by atoms with Crippen molar-refractivity contribution in [2.45, 2.75) is 26.3 Å². The van der Waals surface area contributed by atoms with Crippen molar-refractivity contribution in [3.63, 3.8) is 0 Å². The van der Waals surface area contributed by atoms with E-state index in [4.69, 9.17) is 0 Å². The van der Waals surface area contributed by atoms with Gasteiger partial charge in [0, 0.05) is 56.6 Å². The number of rotatable bonds is 11. The summed E-state index contributed by atoms with van der Waals surface area (Å²) >= 11 is 1.40. The summed E-state index contributed by atoms with van der Waals surface area (Å²) in [6.07, 6.45) is 8.56. The number of aromatic nitrogens is 1. The molecule has 0 aliphatic carbocycles. The van der Waals surface area contributed by atoms with Gasteiger partial charge in [-0.15, -0.1) is 0 Å². The quantitative estimate of drug-likeness (QED) is 0.408. The predicted molar refractivity (Wildman–Crippen MR) is 126 cm³/mol. The molecule has 4 nitrogen and oxygen atoms in total. The summed E-state index contributed by atoms with van der Waals surface area (Å²) in [6.45, 7) is 4.70. The fourth-order valence-corrected chi connectivity index (χ4v) is 3.63. The number of hydrogen-bond donors (Lipinski definition) is 0. The molecule has 5 heteroatoms. The van der Waals surface area contributed by atoms with E-state index in [-0.39, 0.29) is 5.12 Å². The SMILES string of the molecule is CC(=O)SCCC[n+]1ccccc1/C=C/c1ccc(N(C)CCCN(C)C)cc1. The van der Waals surface area contributed by atoms with Crippen molar-refractivity contribution < 1.29 is 9.36 Å². The minimum absolute atomic E-state index is 0.190. The van der Waals surface area contributed by atoms with Crippen LogP contribution in [-0.2, 0) is 11.3 Å². The van der Waals surface area contributed by atoms with Gasteiger partial charge in [-0.25, -0.2) is 0 Å². The van der Waals surface area contributed by atoms with E-state index in [0.29, 0.717) is 0 Å². The van der Waals surface area contributed by atoms with E-state index >= 15 is 0 Å². The van der Waals surface area contributed by atoms with Crippen LogP contribution in [0.3, 0.4) is 0 Å². The highest BCUT2D eigenvalue weighted by molar-refractivity contribution is 8.13. The first-order chi connectivity index (χ1) is 14.0. The molecule has 2 aromatic rings. The number of thioether (sulfide) groups is 1. The van der Waals surface area contributed by atoms with Crippen LogP contribution in [-0.4, -0.2) is 50.0 Å². The number of carbonyl (C=O) groups excluding carboxylic acids is 1. The maximum absolute atomic E-state index is 11.1. The fourth-order valence-electron chi connectivity index (χ4n) is 3.07. The van der Waals surface area contributed by atoms with Crippen molar-refractivity contribution in [3.05, 3.63) is 59.9 Å². The third kappa shape index (κ3) is 8.84. The zero-order chi connectivity index (χ0) is 21.1. The van der Waals surface area contributed by atoms with Crippen molar-refractivity contribution in [1.29, 1.82) is 0 Å². The Labute approximate surface area is 180 Å². The number of carbonyl (C=O) groups is 1. The fraction of sp³-hybridized carbons (Fsp3) is 0.417. The Hall–Kier alpha value is -2.11. The van der Waals surface area contributed by atoms with Gasteiger partial charge in [-0.3, -0.25) is 4.79 Å². The molecule has 1 aromatic carbocycles. The average molecular weight is 413 g/mol. The highest BCUT2D eigenvalue weighted by Crippen LogP contribution is 2.16. The Bertz CT molecular complexity index is 787. The minimum atomic E-state index is 0.190. The van der Waals surface area contributed by atoms with Crippen LogP contribution in [0.2, 0.25) is 0 Å². The highest BCUT2D eigenvalue weighted by atomic mass is 32.2. The topological polar surface area (TPSA) is 27.4 Å². The Morgan fingerprint density at radius 1 is 1.00 bits per heavy atom. The van der Waals surface area contributed by atoms with Crippen LogP contribution >= 0.6 is 11.8 Å². The van der Waals surface area contributed by atoms with E-state index in [1.165, 1.54) is 28.7 Å². The van der Waals surface area contributed by atoms with Gasteiger partial charge >= 0.3 is 0 Å². The third-order valence-corrected chi connectivity index (χ3v) is 5.60. The lowest BCUT2D eigenvalue weighted by atomic mass is 10.1. The Kier molecular flexibility index (Phi) is 9.95. The molecule has 0 aliphatic rings. The normalized spacial score (nSPS) is 11.3. The van der Waals surface area contributed by atoms with Crippen LogP contribution < -0.4 is 9.47 Å². The maximum atomic E-state index is 11.1. The molecule has 1 aromatic heterocycles. The number of anilines is 1. The van der Waals surface area contributed by atoms with Gasteiger partial charge in [-0.1, -0.05) is 23.9 Å². The number of nitrogens with zero attached hydrogens (tertiary/aromatic N) is 3. The minimum Gasteiger partial charge on any atom is -0.375 e. The average Bonchev–Trinajstić information content (AvgIpc) is 2.70. The monoisotopic (exact) mass is 412 g/mol. The molecule has 0 saturated heterocycles. The summed E-state index contributed by atoms with van der Waals surface area (Å²) < 4.78 is 2.24. The summed E-state index contributed by atoms with van der Waals surface area (Å²) in [5, 5.41) is 0.190. The number of hydrogen-bond acceptors (Lipinski definition) is 4. The van der Waals surface area contributed by atoms with Gasteiger partial charge in [0.1, 0.15) is 6.54 Å². The molecule has 156 valence electrons. The molecule has 0 aliphatic heterocycles. The molecular weight excluding hydrogens is 378 g/mol. The van der Waals surface area contributed by atoms with Crippen molar-refractivity contribution in [2.75, 3.05) is 44.9 Å². The molecule has 0 spiro atoms. The Morgan fingerprint density at radius 3 is 2.45 bits per heavy atom. The first-order valence-corrected chi connectivity index (χ1v) is 11.2. The molecule has 0 bridgehead atoms. The number of aryl methyl sites for hydroxylation is 1. The second-order valence-electron chi connectivity index (χ2n) is 7.52. The van der Waals surface area contributed by atoms with E-state index in [1.54, 1.807) is 6.92 Å². The predicted octanol–water partition coefficient (Wildman–Crippen LogP) is 4.20. The lowest BCUT2D eigenvalue weighted by molar-refractivity contribution is -0.698. The molecule has 0 radical (unpaired) electrons. The highest BCUT2D eigenvalue weighted by Gasteiger charge is 2.07. The Morgan fingerprint density at radius 2 is 1.76 bits per heavy atom. The van der Waals surface area contributed by atoms with E-state index in [0.717, 1.165) is 38.2 Å². The summed E-state index contributed by atoms with van der Waals surface area (Å²) in [5.41, 5.74) is 3.61. The lowest BCUT2D eigenvalue weighted by Crippen LogP contribution is -2.36. The first kappa shape index (κ1) is 23.2. The van der Waals surface area contributed by atoms with E-state index in [1.807, 2.05) is 0 Å². The second-order valence-corrected chi connectivity index (χ2v) is 8.79. The maximum Gasteiger partial charge on any atom is 0.205 e. The number of benzene rings is 1. The molecule has 0 amide bonds. The van der Waals surface area contributed by atoms with Crippen LogP contribution in [0, 0.1) is 0 Å². The van der Waals surface area contributed by atoms with Crippen molar-refractivity contribution in [3.8, 4) is 0 Å². The van der Waals surface area contributed by atoms with E-state index < -0.39 is 0 Å². The van der Waals surface area contributed by atoms with Crippen molar-refractivity contribution >= 4 is 34.7 Å². The van der Waals surface area contributed by atoms with Crippen LogP contribution in [0.25, 0.3) is 12.2 Å². The zero-order valence-electron chi connectivity index (χ0n) is 18.2. The number of pyridine rings is 1. The van der Waals surface area contributed by atoms with Gasteiger partial charge in [0.25, 0.3) is 0 Å². The molecule has 0 fully saturated rings. The van der Waals surface area contributed by atoms with Crippen molar-refractivity contribution in [2.24, 2.45) is 0 Å². The van der Waals surface area contributed by atoms with Gasteiger partial charge in [0.05, 0.1) is 0 Å². The summed E-state index contributed by atoms with van der Waals surface area (Å²) in [4.78, 5) is 15.6. The zero-order valence-corrected chi connectivity index (χ0v) is 19.0. The Balaban J connectivity index is 1.93. The molecule has 0 unspecified atom stereocenters. The first-order valence-electron chi connectivity index (χ1n) is 10.2. The van der Waals surface area contributed by atoms with Crippen molar-refractivity contribution in [1.82, 2.24) is 4.90 Å². The molecule has 2 rings (SSSR count). The summed E-state index contributed by atoms with van der Waals surface area (Å²) in [6, 6.07) is 15.0. The second kappa shape index (κ2) is 12.5. The molecule has 1 heterocycles. The molecule has 0 N–H and O–H groups in total. The van der Waals surface area contributed by atoms with Gasteiger partial charge < -0.3 is 9.80 Å². The van der Waals surface area contributed by atoms with Crippen LogP contribution in [0.15, 0.2) is 48.7 Å². The van der Waals surface area contributed by atoms with Crippen LogP contribution in [0.4, 0.5) is 5.69 Å². The third-order valence-electron chi connectivity index (χ3n) is 4.70. The van der Waals surface area contributed by atoms with Gasteiger partial charge in [-0.05, 0) is 56.9 Å². The molecule has 29 heavy (non-hydrogen) atoms. The van der Waals surface area contributed by atoms with Crippen LogP contribution in [0.5, 0.6) is 0 Å². The van der Waals surface area contributed by atoms with Gasteiger partial charge in [0.15, 0.2) is 11.3 Å². The van der Waals surface area contributed by atoms with Crippen LogP contribution in [0.1, 0.15) is 31.0 Å². The summed E-state index contributed by atoms with van der Waals surface area (Å²) in [7, 11) is 6.38. The van der Waals surface area contributed by atoms with E-state index in [2.05, 4.69) is 96.3 Å². The van der Waals surface area contributed by atoms with Gasteiger partial charge in [-0.2, -0.15) is 4.57 Å².